The normalized spacial score (nSPS) is 11.3. The van der Waals surface area contributed by atoms with Gasteiger partial charge in [0.1, 0.15) is 10.6 Å². The maximum Gasteiger partial charge on any atom is 0.339 e. The molecule has 0 aliphatic rings. The number of imidazole rings is 2. The summed E-state index contributed by atoms with van der Waals surface area (Å²) in [6.45, 7) is 0.305. The predicted octanol–water partition coefficient (Wildman–Crippen LogP) is 3.23. The molecule has 11 nitrogen and oxygen atoms in total. The Hall–Kier alpha value is -4.71. The number of aromatic amines is 1. The Labute approximate surface area is 200 Å². The van der Waals surface area contributed by atoms with Gasteiger partial charge in [0.15, 0.2) is 0 Å². The van der Waals surface area contributed by atoms with E-state index in [0.717, 1.165) is 11.3 Å². The molecule has 0 aliphatic carbocycles. The van der Waals surface area contributed by atoms with E-state index < -0.39 is 16.1 Å². The number of nitrogens with one attached hydrogen (secondary N) is 3. The third-order valence-corrected chi connectivity index (χ3v) is 6.26. The van der Waals surface area contributed by atoms with Crippen LogP contribution in [0.3, 0.4) is 0 Å². The van der Waals surface area contributed by atoms with Gasteiger partial charge in [0.05, 0.1) is 17.4 Å². The SMILES string of the molecule is O=C(NCc1cccnc1)Nc1nc2ccc(OS(=O)(=O)c3ccc(-n4ccnc4)cc3)cc2[nH]1. The standard InChI is InChI=1S/C23H19N7O4S/c31-23(26-14-16-2-1-9-24-13-16)29-22-27-20-8-5-18(12-21(20)28-22)34-35(32,33)19-6-3-17(4-7-19)30-11-10-25-15-30/h1-13,15H,14H2,(H3,26,27,28,29,31). The molecule has 0 atom stereocenters. The van der Waals surface area contributed by atoms with Crippen molar-refractivity contribution in [1.82, 2.24) is 29.8 Å². The van der Waals surface area contributed by atoms with Gasteiger partial charge in [-0.3, -0.25) is 10.3 Å². The van der Waals surface area contributed by atoms with Gasteiger partial charge < -0.3 is 19.1 Å². The van der Waals surface area contributed by atoms with E-state index >= 15 is 0 Å². The zero-order valence-corrected chi connectivity index (χ0v) is 18.9. The van der Waals surface area contributed by atoms with Crippen molar-refractivity contribution < 1.29 is 17.4 Å². The number of pyridine rings is 1. The number of carbonyl (C=O) groups is 1. The van der Waals surface area contributed by atoms with Crippen LogP contribution in [0.25, 0.3) is 16.7 Å². The van der Waals surface area contributed by atoms with Crippen LogP contribution in [0.15, 0.2) is 90.6 Å². The van der Waals surface area contributed by atoms with Gasteiger partial charge in [-0.1, -0.05) is 6.07 Å². The predicted molar refractivity (Wildman–Crippen MR) is 128 cm³/mol. The lowest BCUT2D eigenvalue weighted by Gasteiger charge is -2.08. The van der Waals surface area contributed by atoms with Crippen molar-refractivity contribution in [3.05, 3.63) is 91.3 Å². The fourth-order valence-corrected chi connectivity index (χ4v) is 4.23. The number of benzene rings is 2. The molecule has 12 heteroatoms. The fraction of sp³-hybridized carbons (Fsp3) is 0.0435. The highest BCUT2D eigenvalue weighted by atomic mass is 32.2. The summed E-state index contributed by atoms with van der Waals surface area (Å²) in [5, 5.41) is 5.32. The van der Waals surface area contributed by atoms with Crippen molar-refractivity contribution >= 4 is 33.1 Å². The molecule has 0 radical (unpaired) electrons. The van der Waals surface area contributed by atoms with Crippen LogP contribution in [-0.4, -0.2) is 39.0 Å². The summed E-state index contributed by atoms with van der Waals surface area (Å²) >= 11 is 0. The summed E-state index contributed by atoms with van der Waals surface area (Å²) in [5.74, 6) is 0.311. The van der Waals surface area contributed by atoms with E-state index in [0.29, 0.717) is 17.6 Å². The smallest absolute Gasteiger partial charge is 0.339 e. The molecule has 3 heterocycles. The minimum Gasteiger partial charge on any atom is -0.379 e. The van der Waals surface area contributed by atoms with Crippen LogP contribution < -0.4 is 14.8 Å². The summed E-state index contributed by atoms with van der Waals surface area (Å²) in [6, 6.07) is 14.0. The number of hydrogen-bond acceptors (Lipinski definition) is 7. The molecule has 5 rings (SSSR count). The molecule has 0 saturated carbocycles. The number of aromatic nitrogens is 5. The van der Waals surface area contributed by atoms with Gasteiger partial charge in [-0.25, -0.2) is 14.8 Å². The average molecular weight is 490 g/mol. The quantitative estimate of drug-likeness (QED) is 0.298. The second-order valence-electron chi connectivity index (χ2n) is 7.43. The van der Waals surface area contributed by atoms with Crippen LogP contribution in [0.1, 0.15) is 5.56 Å². The molecule has 0 bridgehead atoms. The number of amides is 2. The first kappa shape index (κ1) is 22.1. The van der Waals surface area contributed by atoms with Gasteiger partial charge in [-0.15, -0.1) is 0 Å². The van der Waals surface area contributed by atoms with Gasteiger partial charge in [-0.2, -0.15) is 8.42 Å². The van der Waals surface area contributed by atoms with E-state index in [9.17, 15) is 13.2 Å². The summed E-state index contributed by atoms with van der Waals surface area (Å²) in [6.07, 6.45) is 8.32. The number of fused-ring (bicyclic) bond motifs is 1. The molecule has 0 unspecified atom stereocenters. The highest BCUT2D eigenvalue weighted by Crippen LogP contribution is 2.24. The molecule has 3 N–H and O–H groups in total. The first-order valence-corrected chi connectivity index (χ1v) is 11.8. The number of H-pyrrole nitrogens is 1. The maximum absolute atomic E-state index is 12.7. The molecule has 5 aromatic rings. The zero-order valence-electron chi connectivity index (χ0n) is 18.1. The van der Waals surface area contributed by atoms with Crippen LogP contribution in [0, 0.1) is 0 Å². The van der Waals surface area contributed by atoms with Crippen molar-refractivity contribution in [1.29, 1.82) is 0 Å². The zero-order chi connectivity index (χ0) is 24.3. The van der Waals surface area contributed by atoms with Gasteiger partial charge in [0.25, 0.3) is 0 Å². The first-order chi connectivity index (χ1) is 17.0. The Kier molecular flexibility index (Phi) is 5.85. The molecule has 176 valence electrons. The van der Waals surface area contributed by atoms with Gasteiger partial charge >= 0.3 is 16.1 Å². The highest BCUT2D eigenvalue weighted by Gasteiger charge is 2.18. The van der Waals surface area contributed by atoms with Gasteiger partial charge in [-0.05, 0) is 48.0 Å². The average Bonchev–Trinajstić information content (AvgIpc) is 3.53. The maximum atomic E-state index is 12.7. The van der Waals surface area contributed by atoms with Crippen LogP contribution in [-0.2, 0) is 16.7 Å². The molecular formula is C23H19N7O4S. The Morgan fingerprint density at radius 1 is 1.06 bits per heavy atom. The van der Waals surface area contributed by atoms with Crippen LogP contribution in [0.2, 0.25) is 0 Å². The molecule has 3 aromatic heterocycles. The van der Waals surface area contributed by atoms with Crippen molar-refractivity contribution in [2.24, 2.45) is 0 Å². The van der Waals surface area contributed by atoms with E-state index in [-0.39, 0.29) is 16.6 Å². The minimum absolute atomic E-state index is 0.0127. The molecule has 0 fully saturated rings. The first-order valence-electron chi connectivity index (χ1n) is 10.4. The monoisotopic (exact) mass is 489 g/mol. The lowest BCUT2D eigenvalue weighted by atomic mass is 10.3. The Morgan fingerprint density at radius 3 is 2.66 bits per heavy atom. The Balaban J connectivity index is 1.26. The lowest BCUT2D eigenvalue weighted by molar-refractivity contribution is 0.251. The van der Waals surface area contributed by atoms with Crippen molar-refractivity contribution in [2.45, 2.75) is 11.4 Å². The lowest BCUT2D eigenvalue weighted by Crippen LogP contribution is -2.28. The molecule has 0 aliphatic heterocycles. The minimum atomic E-state index is -4.06. The fourth-order valence-electron chi connectivity index (χ4n) is 3.31. The highest BCUT2D eigenvalue weighted by molar-refractivity contribution is 7.87. The van der Waals surface area contributed by atoms with Crippen molar-refractivity contribution in [3.8, 4) is 11.4 Å². The number of nitrogens with zero attached hydrogens (tertiary/aromatic N) is 4. The van der Waals surface area contributed by atoms with Gasteiger partial charge in [0.2, 0.25) is 5.95 Å². The number of anilines is 1. The summed E-state index contributed by atoms with van der Waals surface area (Å²) in [7, 11) is -4.06. The second kappa shape index (κ2) is 9.27. The van der Waals surface area contributed by atoms with E-state index in [1.54, 1.807) is 59.9 Å². The third-order valence-electron chi connectivity index (χ3n) is 5.00. The number of carbonyl (C=O) groups excluding carboxylic acids is 1. The second-order valence-corrected chi connectivity index (χ2v) is 8.98. The molecular weight excluding hydrogens is 470 g/mol. The molecule has 0 saturated heterocycles. The summed E-state index contributed by atoms with van der Waals surface area (Å²) < 4.78 is 32.5. The van der Waals surface area contributed by atoms with Crippen molar-refractivity contribution in [2.75, 3.05) is 5.32 Å². The van der Waals surface area contributed by atoms with E-state index in [4.69, 9.17) is 4.18 Å². The van der Waals surface area contributed by atoms with Crippen LogP contribution >= 0.6 is 0 Å². The van der Waals surface area contributed by atoms with E-state index in [2.05, 4.69) is 30.6 Å². The molecule has 2 aromatic carbocycles. The topological polar surface area (TPSA) is 144 Å². The third kappa shape index (κ3) is 5.12. The number of urea groups is 1. The van der Waals surface area contributed by atoms with E-state index in [1.165, 1.54) is 24.3 Å². The van der Waals surface area contributed by atoms with Crippen molar-refractivity contribution in [3.63, 3.8) is 0 Å². The molecule has 2 amide bonds. The Morgan fingerprint density at radius 2 is 1.91 bits per heavy atom. The van der Waals surface area contributed by atoms with E-state index in [1.807, 2.05) is 6.07 Å². The Bertz CT molecular complexity index is 1570. The molecule has 0 spiro atoms. The number of hydrogen-bond donors (Lipinski definition) is 3. The largest absolute Gasteiger partial charge is 0.379 e. The summed E-state index contributed by atoms with van der Waals surface area (Å²) in [5.41, 5.74) is 2.65. The number of rotatable bonds is 7. The van der Waals surface area contributed by atoms with Crippen LogP contribution in [0.5, 0.6) is 5.75 Å². The summed E-state index contributed by atoms with van der Waals surface area (Å²) in [4.78, 5) is 27.4. The van der Waals surface area contributed by atoms with Crippen LogP contribution in [0.4, 0.5) is 10.7 Å². The molecule has 35 heavy (non-hydrogen) atoms. The van der Waals surface area contributed by atoms with Gasteiger partial charge in [0, 0.05) is 43.1 Å².